The van der Waals surface area contributed by atoms with E-state index in [1.807, 2.05) is 0 Å². The molecular weight excluding hydrogens is 357 g/mol. The average Bonchev–Trinajstić information content (AvgIpc) is 2.79. The Morgan fingerprint density at radius 2 is 2.08 bits per heavy atom. The number of alkyl halides is 3. The van der Waals surface area contributed by atoms with E-state index < -0.39 is 28.7 Å². The van der Waals surface area contributed by atoms with E-state index >= 15 is 0 Å². The summed E-state index contributed by atoms with van der Waals surface area (Å²) in [6.07, 6.45) is -1.81. The molecule has 1 aliphatic rings. The topological polar surface area (TPSA) is 57.7 Å². The van der Waals surface area contributed by atoms with Gasteiger partial charge in [0.25, 0.3) is 5.91 Å². The van der Waals surface area contributed by atoms with Gasteiger partial charge in [-0.05, 0) is 37.1 Å². The van der Waals surface area contributed by atoms with Crippen LogP contribution in [0.15, 0.2) is 30.9 Å². The highest BCUT2D eigenvalue weighted by atomic mass is 32.2. The zero-order chi connectivity index (χ0) is 19.0. The third kappa shape index (κ3) is 4.33. The van der Waals surface area contributed by atoms with Crippen molar-refractivity contribution in [3.05, 3.63) is 42.0 Å². The van der Waals surface area contributed by atoms with Gasteiger partial charge in [-0.3, -0.25) is 9.10 Å². The van der Waals surface area contributed by atoms with Gasteiger partial charge >= 0.3 is 6.18 Å². The Balaban J connectivity index is 2.34. The van der Waals surface area contributed by atoms with Gasteiger partial charge in [0.05, 0.1) is 11.9 Å². The van der Waals surface area contributed by atoms with Crippen molar-refractivity contribution in [3.63, 3.8) is 0 Å². The molecule has 0 aliphatic carbocycles. The third-order valence-corrected chi connectivity index (χ3v) is 5.11. The first-order valence-electron chi connectivity index (χ1n) is 7.53. The normalized spacial score (nSPS) is 17.3. The van der Waals surface area contributed by atoms with Crippen LogP contribution in [0, 0.1) is 0 Å². The Bertz CT molecular complexity index is 790. The lowest BCUT2D eigenvalue weighted by Gasteiger charge is -2.23. The molecule has 5 nitrogen and oxygen atoms in total. The summed E-state index contributed by atoms with van der Waals surface area (Å²) < 4.78 is 63.0. The number of halogens is 3. The maximum absolute atomic E-state index is 12.7. The van der Waals surface area contributed by atoms with E-state index in [2.05, 4.69) is 6.58 Å². The summed E-state index contributed by atoms with van der Waals surface area (Å²) in [5.74, 6) is -0.773. The molecule has 1 heterocycles. The third-order valence-electron chi connectivity index (χ3n) is 3.84. The zero-order valence-electron chi connectivity index (χ0n) is 13.9. The van der Waals surface area contributed by atoms with Gasteiger partial charge in [0.15, 0.2) is 0 Å². The molecule has 2 rings (SSSR count). The second-order valence-electron chi connectivity index (χ2n) is 6.04. The fourth-order valence-corrected chi connectivity index (χ4v) is 4.28. The predicted molar refractivity (Wildman–Crippen MR) is 89.1 cm³/mol. The number of fused-ring (bicyclic) bond motifs is 1. The van der Waals surface area contributed by atoms with Gasteiger partial charge < -0.3 is 4.90 Å². The molecule has 1 aromatic carbocycles. The number of sulfonamides is 1. The number of carbonyl (C=O) groups excluding carboxylic acids is 1. The fourth-order valence-electron chi connectivity index (χ4n) is 3.02. The summed E-state index contributed by atoms with van der Waals surface area (Å²) in [4.78, 5) is 13.1. The first-order valence-corrected chi connectivity index (χ1v) is 9.38. The molecule has 0 N–H and O–H groups in total. The molecule has 1 unspecified atom stereocenters. The molecule has 0 saturated carbocycles. The predicted octanol–water partition coefficient (Wildman–Crippen LogP) is 2.59. The lowest BCUT2D eigenvalue weighted by molar-refractivity contribution is -0.139. The van der Waals surface area contributed by atoms with Gasteiger partial charge in [-0.15, -0.1) is 6.58 Å². The molecule has 138 valence electrons. The first-order chi connectivity index (χ1) is 11.4. The number of hydrogen-bond donors (Lipinski definition) is 0. The van der Waals surface area contributed by atoms with Gasteiger partial charge in [-0.25, -0.2) is 8.42 Å². The highest BCUT2D eigenvalue weighted by Crippen LogP contribution is 2.35. The molecule has 1 atom stereocenters. The fraction of sp³-hybridized carbons (Fsp3) is 0.438. The average molecular weight is 376 g/mol. The number of amides is 1. The van der Waals surface area contributed by atoms with E-state index in [-0.39, 0.29) is 18.2 Å². The van der Waals surface area contributed by atoms with Crippen LogP contribution < -0.4 is 4.31 Å². The van der Waals surface area contributed by atoms with Crippen molar-refractivity contribution in [2.45, 2.75) is 25.6 Å². The summed E-state index contributed by atoms with van der Waals surface area (Å²) in [5.41, 5.74) is 1.17. The Kier molecular flexibility index (Phi) is 5.17. The second kappa shape index (κ2) is 6.70. The van der Waals surface area contributed by atoms with Crippen LogP contribution in [0.25, 0.3) is 0 Å². The van der Waals surface area contributed by atoms with Crippen LogP contribution in [-0.4, -0.2) is 50.8 Å². The number of anilines is 1. The summed E-state index contributed by atoms with van der Waals surface area (Å²) in [6, 6.07) is 3.97. The smallest absolute Gasteiger partial charge is 0.326 e. The largest absolute Gasteiger partial charge is 0.406 e. The molecule has 1 amide bonds. The quantitative estimate of drug-likeness (QED) is 0.743. The number of rotatable bonds is 5. The summed E-state index contributed by atoms with van der Waals surface area (Å²) in [6.45, 7) is 3.50. The minimum Gasteiger partial charge on any atom is -0.326 e. The van der Waals surface area contributed by atoms with Crippen molar-refractivity contribution in [1.82, 2.24) is 4.90 Å². The molecule has 0 aromatic heterocycles. The number of hydrogen-bond acceptors (Lipinski definition) is 3. The maximum atomic E-state index is 12.7. The van der Waals surface area contributed by atoms with Crippen molar-refractivity contribution in [2.75, 3.05) is 23.7 Å². The molecule has 0 saturated heterocycles. The molecule has 0 radical (unpaired) electrons. The van der Waals surface area contributed by atoms with E-state index in [1.54, 1.807) is 6.92 Å². The standard InChI is InChI=1S/C16H19F3N2O3S/c1-4-7-20(10-16(17,18)19)15(22)12-5-6-14-13(9-12)8-11(2)21(14)25(3,23)24/h4-6,9,11H,1,7-8,10H2,2-3H3. The monoisotopic (exact) mass is 376 g/mol. The lowest BCUT2D eigenvalue weighted by atomic mass is 10.1. The molecule has 0 bridgehead atoms. The van der Waals surface area contributed by atoms with E-state index in [9.17, 15) is 26.4 Å². The van der Waals surface area contributed by atoms with Crippen LogP contribution in [0.1, 0.15) is 22.8 Å². The Labute approximate surface area is 144 Å². The van der Waals surface area contributed by atoms with Crippen LogP contribution >= 0.6 is 0 Å². The maximum Gasteiger partial charge on any atom is 0.406 e. The molecule has 0 spiro atoms. The van der Waals surface area contributed by atoms with Crippen molar-refractivity contribution in [1.29, 1.82) is 0 Å². The molecule has 1 aromatic rings. The highest BCUT2D eigenvalue weighted by molar-refractivity contribution is 7.92. The zero-order valence-corrected chi connectivity index (χ0v) is 14.7. The molecule has 0 fully saturated rings. The summed E-state index contributed by atoms with van der Waals surface area (Å²) >= 11 is 0. The Morgan fingerprint density at radius 1 is 1.44 bits per heavy atom. The highest BCUT2D eigenvalue weighted by Gasteiger charge is 2.35. The van der Waals surface area contributed by atoms with Crippen molar-refractivity contribution in [3.8, 4) is 0 Å². The summed E-state index contributed by atoms with van der Waals surface area (Å²) in [5, 5.41) is 0. The van der Waals surface area contributed by atoms with Crippen LogP contribution in [-0.2, 0) is 16.4 Å². The van der Waals surface area contributed by atoms with Gasteiger partial charge in [0.1, 0.15) is 6.54 Å². The van der Waals surface area contributed by atoms with Crippen molar-refractivity contribution < 1.29 is 26.4 Å². The minimum absolute atomic E-state index is 0.0902. The first kappa shape index (κ1) is 19.3. The SMILES string of the molecule is C=CCN(CC(F)(F)F)C(=O)c1ccc2c(c1)CC(C)N2S(C)(=O)=O. The molecular formula is C16H19F3N2O3S. The lowest BCUT2D eigenvalue weighted by Crippen LogP contribution is -2.39. The van der Waals surface area contributed by atoms with E-state index in [0.29, 0.717) is 22.6 Å². The van der Waals surface area contributed by atoms with Crippen molar-refractivity contribution in [2.24, 2.45) is 0 Å². The molecule has 1 aliphatic heterocycles. The van der Waals surface area contributed by atoms with Crippen LogP contribution in [0.2, 0.25) is 0 Å². The van der Waals surface area contributed by atoms with Crippen LogP contribution in [0.3, 0.4) is 0 Å². The van der Waals surface area contributed by atoms with Crippen LogP contribution in [0.5, 0.6) is 0 Å². The number of carbonyl (C=O) groups is 1. The minimum atomic E-state index is -4.52. The number of nitrogens with zero attached hydrogens (tertiary/aromatic N) is 2. The number of benzene rings is 1. The molecule has 9 heteroatoms. The van der Waals surface area contributed by atoms with Gasteiger partial charge in [0.2, 0.25) is 10.0 Å². The van der Waals surface area contributed by atoms with Gasteiger partial charge in [-0.2, -0.15) is 13.2 Å². The molecule has 25 heavy (non-hydrogen) atoms. The Hall–Kier alpha value is -2.03. The van der Waals surface area contributed by atoms with Crippen LogP contribution in [0.4, 0.5) is 18.9 Å². The van der Waals surface area contributed by atoms with E-state index in [0.717, 1.165) is 6.26 Å². The second-order valence-corrected chi connectivity index (χ2v) is 7.90. The van der Waals surface area contributed by atoms with E-state index in [1.165, 1.54) is 28.6 Å². The van der Waals surface area contributed by atoms with Gasteiger partial charge in [0, 0.05) is 18.2 Å². The Morgan fingerprint density at radius 3 is 2.60 bits per heavy atom. The van der Waals surface area contributed by atoms with Gasteiger partial charge in [-0.1, -0.05) is 6.08 Å². The summed E-state index contributed by atoms with van der Waals surface area (Å²) in [7, 11) is -3.47. The van der Waals surface area contributed by atoms with Crippen molar-refractivity contribution >= 4 is 21.6 Å². The van der Waals surface area contributed by atoms with E-state index in [4.69, 9.17) is 0 Å².